The first kappa shape index (κ1) is 13.4. The van der Waals surface area contributed by atoms with Crippen molar-refractivity contribution in [3.8, 4) is 11.4 Å². The summed E-state index contributed by atoms with van der Waals surface area (Å²) < 4.78 is 18.7. The van der Waals surface area contributed by atoms with Crippen molar-refractivity contribution < 1.29 is 13.7 Å². The Morgan fingerprint density at radius 2 is 2.00 bits per heavy atom. The summed E-state index contributed by atoms with van der Waals surface area (Å²) in [7, 11) is 0. The number of rotatable bonds is 4. The molecule has 4 nitrogen and oxygen atoms in total. The van der Waals surface area contributed by atoms with Crippen molar-refractivity contribution >= 4 is 5.78 Å². The average molecular weight is 262 g/mol. The van der Waals surface area contributed by atoms with Gasteiger partial charge in [-0.15, -0.1) is 0 Å². The van der Waals surface area contributed by atoms with Crippen LogP contribution < -0.4 is 0 Å². The van der Waals surface area contributed by atoms with Crippen LogP contribution in [-0.2, 0) is 4.79 Å². The van der Waals surface area contributed by atoms with Crippen molar-refractivity contribution in [3.63, 3.8) is 0 Å². The molecule has 2 aromatic rings. The Labute approximate surface area is 110 Å². The number of halogens is 1. The molecule has 0 spiro atoms. The van der Waals surface area contributed by atoms with Crippen LogP contribution in [0.25, 0.3) is 11.4 Å². The number of hydrogen-bond donors (Lipinski definition) is 0. The summed E-state index contributed by atoms with van der Waals surface area (Å²) in [4.78, 5) is 15.7. The van der Waals surface area contributed by atoms with Crippen LogP contribution in [0.5, 0.6) is 0 Å². The highest BCUT2D eigenvalue weighted by atomic mass is 19.1. The van der Waals surface area contributed by atoms with E-state index in [1.54, 1.807) is 18.2 Å². The normalized spacial score (nSPS) is 12.7. The standard InChI is InChI=1S/C14H15FN2O2/c1-8(2)12(9(3)18)14-16-13(17-19-14)10-6-4-5-7-11(10)15/h4-8,12H,1-3H3. The summed E-state index contributed by atoms with van der Waals surface area (Å²) in [6.45, 7) is 5.29. The Morgan fingerprint density at radius 1 is 1.32 bits per heavy atom. The molecule has 0 N–H and O–H groups in total. The van der Waals surface area contributed by atoms with Gasteiger partial charge >= 0.3 is 0 Å². The monoisotopic (exact) mass is 262 g/mol. The summed E-state index contributed by atoms with van der Waals surface area (Å²) in [5, 5.41) is 3.75. The first-order valence-corrected chi connectivity index (χ1v) is 6.09. The van der Waals surface area contributed by atoms with Gasteiger partial charge in [0.05, 0.1) is 11.5 Å². The highest BCUT2D eigenvalue weighted by Gasteiger charge is 2.27. The van der Waals surface area contributed by atoms with Crippen LogP contribution in [0.2, 0.25) is 0 Å². The molecule has 0 aliphatic rings. The van der Waals surface area contributed by atoms with Gasteiger partial charge in [0.25, 0.3) is 0 Å². The van der Waals surface area contributed by atoms with Crippen molar-refractivity contribution in [2.24, 2.45) is 5.92 Å². The van der Waals surface area contributed by atoms with Crippen LogP contribution in [0, 0.1) is 11.7 Å². The fourth-order valence-corrected chi connectivity index (χ4v) is 2.04. The Balaban J connectivity index is 2.39. The van der Waals surface area contributed by atoms with E-state index in [2.05, 4.69) is 10.1 Å². The molecule has 0 saturated heterocycles. The Kier molecular flexibility index (Phi) is 3.74. The number of hydrogen-bond acceptors (Lipinski definition) is 4. The minimum atomic E-state index is -0.451. The van der Waals surface area contributed by atoms with E-state index in [0.717, 1.165) is 0 Å². The lowest BCUT2D eigenvalue weighted by atomic mass is 9.92. The highest BCUT2D eigenvalue weighted by molar-refractivity contribution is 5.82. The molecule has 1 aromatic carbocycles. The van der Waals surface area contributed by atoms with Crippen LogP contribution in [0.3, 0.4) is 0 Å². The number of nitrogens with zero attached hydrogens (tertiary/aromatic N) is 2. The number of Topliss-reactive ketones (excluding diaryl/α,β-unsaturated/α-hetero) is 1. The minimum Gasteiger partial charge on any atom is -0.338 e. The second kappa shape index (κ2) is 5.30. The van der Waals surface area contributed by atoms with Crippen LogP contribution in [0.4, 0.5) is 4.39 Å². The molecule has 0 radical (unpaired) electrons. The lowest BCUT2D eigenvalue weighted by Gasteiger charge is -2.12. The molecule has 0 saturated carbocycles. The molecule has 0 aliphatic heterocycles. The van der Waals surface area contributed by atoms with Gasteiger partial charge in [-0.25, -0.2) is 4.39 Å². The molecular formula is C14H15FN2O2. The molecule has 2 rings (SSSR count). The van der Waals surface area contributed by atoms with E-state index in [9.17, 15) is 9.18 Å². The van der Waals surface area contributed by atoms with Gasteiger partial charge in [0, 0.05) is 0 Å². The summed E-state index contributed by atoms with van der Waals surface area (Å²) in [6, 6.07) is 6.18. The molecule has 1 unspecified atom stereocenters. The zero-order valence-electron chi connectivity index (χ0n) is 11.1. The van der Waals surface area contributed by atoms with Gasteiger partial charge in [0.15, 0.2) is 0 Å². The van der Waals surface area contributed by atoms with Gasteiger partial charge in [-0.05, 0) is 25.0 Å². The summed E-state index contributed by atoms with van der Waals surface area (Å²) in [5.41, 5.74) is 0.267. The third-order valence-corrected chi connectivity index (χ3v) is 2.93. The first-order valence-electron chi connectivity index (χ1n) is 6.09. The number of benzene rings is 1. The third-order valence-electron chi connectivity index (χ3n) is 2.93. The molecule has 0 fully saturated rings. The van der Waals surface area contributed by atoms with Crippen molar-refractivity contribution in [3.05, 3.63) is 36.0 Å². The van der Waals surface area contributed by atoms with E-state index in [-0.39, 0.29) is 29.0 Å². The number of carbonyl (C=O) groups is 1. The molecule has 0 amide bonds. The van der Waals surface area contributed by atoms with E-state index in [4.69, 9.17) is 4.52 Å². The van der Waals surface area contributed by atoms with Gasteiger partial charge < -0.3 is 4.52 Å². The average Bonchev–Trinajstić information content (AvgIpc) is 2.77. The van der Waals surface area contributed by atoms with E-state index in [0.29, 0.717) is 0 Å². The molecule has 1 heterocycles. The molecule has 1 atom stereocenters. The Hall–Kier alpha value is -2.04. The summed E-state index contributed by atoms with van der Waals surface area (Å²) >= 11 is 0. The van der Waals surface area contributed by atoms with Crippen LogP contribution >= 0.6 is 0 Å². The predicted octanol–water partition coefficient (Wildman–Crippen LogP) is 3.20. The third kappa shape index (κ3) is 2.70. The van der Waals surface area contributed by atoms with Gasteiger partial charge in [0.1, 0.15) is 11.6 Å². The fourth-order valence-electron chi connectivity index (χ4n) is 2.04. The van der Waals surface area contributed by atoms with Gasteiger partial charge in [0.2, 0.25) is 11.7 Å². The van der Waals surface area contributed by atoms with E-state index in [1.165, 1.54) is 13.0 Å². The zero-order chi connectivity index (χ0) is 14.0. The highest BCUT2D eigenvalue weighted by Crippen LogP contribution is 2.27. The number of aromatic nitrogens is 2. The van der Waals surface area contributed by atoms with Crippen LogP contribution in [-0.4, -0.2) is 15.9 Å². The van der Waals surface area contributed by atoms with E-state index < -0.39 is 11.7 Å². The SMILES string of the molecule is CC(=O)C(c1nc(-c2ccccc2F)no1)C(C)C. The van der Waals surface area contributed by atoms with Crippen LogP contribution in [0.15, 0.2) is 28.8 Å². The quantitative estimate of drug-likeness (QED) is 0.849. The smallest absolute Gasteiger partial charge is 0.237 e. The van der Waals surface area contributed by atoms with Crippen molar-refractivity contribution in [1.29, 1.82) is 0 Å². The fraction of sp³-hybridized carbons (Fsp3) is 0.357. The maximum absolute atomic E-state index is 13.6. The van der Waals surface area contributed by atoms with E-state index in [1.807, 2.05) is 13.8 Å². The molecule has 0 aliphatic carbocycles. The largest absolute Gasteiger partial charge is 0.338 e. The van der Waals surface area contributed by atoms with Crippen LogP contribution in [0.1, 0.15) is 32.6 Å². The van der Waals surface area contributed by atoms with Gasteiger partial charge in [-0.3, -0.25) is 4.79 Å². The first-order chi connectivity index (χ1) is 9.00. The molecular weight excluding hydrogens is 247 g/mol. The lowest BCUT2D eigenvalue weighted by Crippen LogP contribution is -2.15. The second-order valence-electron chi connectivity index (χ2n) is 4.77. The molecule has 1 aromatic heterocycles. The number of carbonyl (C=O) groups excluding carboxylic acids is 1. The number of ketones is 1. The van der Waals surface area contributed by atoms with Gasteiger partial charge in [-0.1, -0.05) is 31.1 Å². The van der Waals surface area contributed by atoms with Crippen molar-refractivity contribution in [1.82, 2.24) is 10.1 Å². The maximum Gasteiger partial charge on any atom is 0.237 e. The Morgan fingerprint density at radius 3 is 2.58 bits per heavy atom. The minimum absolute atomic E-state index is 0.0428. The van der Waals surface area contributed by atoms with Crippen molar-refractivity contribution in [2.45, 2.75) is 26.7 Å². The van der Waals surface area contributed by atoms with Crippen molar-refractivity contribution in [2.75, 3.05) is 0 Å². The summed E-state index contributed by atoms with van der Waals surface area (Å²) in [5.74, 6) is -0.460. The van der Waals surface area contributed by atoms with E-state index >= 15 is 0 Å². The predicted molar refractivity (Wildman–Crippen MR) is 68.0 cm³/mol. The summed E-state index contributed by atoms with van der Waals surface area (Å²) in [6.07, 6.45) is 0. The molecule has 0 bridgehead atoms. The Bertz CT molecular complexity index is 593. The topological polar surface area (TPSA) is 56.0 Å². The molecule has 19 heavy (non-hydrogen) atoms. The molecule has 100 valence electrons. The lowest BCUT2D eigenvalue weighted by molar-refractivity contribution is -0.119. The zero-order valence-corrected chi connectivity index (χ0v) is 11.1. The van der Waals surface area contributed by atoms with Gasteiger partial charge in [-0.2, -0.15) is 4.98 Å². The molecule has 5 heteroatoms. The second-order valence-corrected chi connectivity index (χ2v) is 4.77. The maximum atomic E-state index is 13.6.